The van der Waals surface area contributed by atoms with Gasteiger partial charge in [0.15, 0.2) is 0 Å². The van der Waals surface area contributed by atoms with Crippen molar-refractivity contribution in [3.05, 3.63) is 53.0 Å². The number of fused-ring (bicyclic) bond motifs is 1. The van der Waals surface area contributed by atoms with E-state index in [0.717, 1.165) is 17.2 Å². The molecule has 4 nitrogen and oxygen atoms in total. The number of hydrogen-bond donors (Lipinski definition) is 2. The molecular weight excluding hydrogens is 262 g/mol. The fourth-order valence-electron chi connectivity index (χ4n) is 3.07. The van der Waals surface area contributed by atoms with Gasteiger partial charge in [0.2, 0.25) is 0 Å². The Kier molecular flexibility index (Phi) is 2.93. The van der Waals surface area contributed by atoms with Crippen LogP contribution >= 0.6 is 0 Å². The van der Waals surface area contributed by atoms with E-state index in [4.69, 9.17) is 4.98 Å². The molecule has 4 rings (SSSR count). The van der Waals surface area contributed by atoms with Gasteiger partial charge in [-0.1, -0.05) is 24.3 Å². The van der Waals surface area contributed by atoms with Gasteiger partial charge in [0, 0.05) is 18.5 Å². The summed E-state index contributed by atoms with van der Waals surface area (Å²) in [6.45, 7) is 1.96. The maximum atomic E-state index is 10.3. The third-order valence-corrected chi connectivity index (χ3v) is 4.47. The molecule has 2 atom stereocenters. The van der Waals surface area contributed by atoms with Crippen LogP contribution in [0.1, 0.15) is 47.3 Å². The average molecular weight is 281 g/mol. The van der Waals surface area contributed by atoms with Crippen LogP contribution in [-0.2, 0) is 6.42 Å². The van der Waals surface area contributed by atoms with Gasteiger partial charge < -0.3 is 10.4 Å². The molecule has 1 saturated carbocycles. The fraction of sp³-hybridized carbons (Fsp3) is 0.412. The second-order valence-electron chi connectivity index (χ2n) is 6.10. The van der Waals surface area contributed by atoms with E-state index in [-0.39, 0.29) is 6.04 Å². The Balaban J connectivity index is 1.65. The molecule has 0 amide bonds. The van der Waals surface area contributed by atoms with E-state index in [1.165, 1.54) is 24.0 Å². The van der Waals surface area contributed by atoms with Crippen molar-refractivity contribution in [3.63, 3.8) is 0 Å². The first-order valence-electron chi connectivity index (χ1n) is 7.58. The number of rotatable bonds is 3. The van der Waals surface area contributed by atoms with Gasteiger partial charge in [-0.2, -0.15) is 0 Å². The number of aliphatic hydroxyl groups excluding tert-OH is 1. The van der Waals surface area contributed by atoms with E-state index >= 15 is 0 Å². The third kappa shape index (κ3) is 2.29. The molecule has 0 spiro atoms. The van der Waals surface area contributed by atoms with Crippen molar-refractivity contribution in [2.45, 2.75) is 44.2 Å². The SMILES string of the molecule is Cc1ncc(C2CC2)nc1N[C@H]1c2ccccc2C[C@@H]1O. The van der Waals surface area contributed by atoms with Crippen LogP contribution < -0.4 is 5.32 Å². The number of anilines is 1. The van der Waals surface area contributed by atoms with E-state index in [0.29, 0.717) is 12.3 Å². The van der Waals surface area contributed by atoms with Crippen molar-refractivity contribution in [1.82, 2.24) is 9.97 Å². The fourth-order valence-corrected chi connectivity index (χ4v) is 3.07. The van der Waals surface area contributed by atoms with Crippen LogP contribution in [0.2, 0.25) is 0 Å². The van der Waals surface area contributed by atoms with Gasteiger partial charge in [0.05, 0.1) is 23.5 Å². The highest BCUT2D eigenvalue weighted by atomic mass is 16.3. The van der Waals surface area contributed by atoms with E-state index in [1.54, 1.807) is 0 Å². The summed E-state index contributed by atoms with van der Waals surface area (Å²) in [6.07, 6.45) is 4.60. The van der Waals surface area contributed by atoms with Crippen molar-refractivity contribution in [1.29, 1.82) is 0 Å². The van der Waals surface area contributed by atoms with Gasteiger partial charge in [-0.15, -0.1) is 0 Å². The quantitative estimate of drug-likeness (QED) is 0.908. The van der Waals surface area contributed by atoms with E-state index in [9.17, 15) is 5.11 Å². The molecule has 0 bridgehead atoms. The minimum Gasteiger partial charge on any atom is -0.390 e. The van der Waals surface area contributed by atoms with Crippen LogP contribution in [0.25, 0.3) is 0 Å². The third-order valence-electron chi connectivity index (χ3n) is 4.47. The van der Waals surface area contributed by atoms with Gasteiger partial charge in [0.25, 0.3) is 0 Å². The van der Waals surface area contributed by atoms with Crippen LogP contribution in [0.5, 0.6) is 0 Å². The lowest BCUT2D eigenvalue weighted by molar-refractivity contribution is 0.165. The number of benzene rings is 1. The van der Waals surface area contributed by atoms with Crippen molar-refractivity contribution in [2.24, 2.45) is 0 Å². The molecule has 0 unspecified atom stereocenters. The molecule has 2 aliphatic carbocycles. The Morgan fingerprint density at radius 3 is 2.86 bits per heavy atom. The van der Waals surface area contributed by atoms with Crippen LogP contribution in [0.15, 0.2) is 30.5 Å². The standard InChI is InChI=1S/C17H19N3O/c1-10-17(19-14(9-18-10)11-6-7-11)20-16-13-5-3-2-4-12(13)8-15(16)21/h2-5,9,11,15-16,21H,6-8H2,1H3,(H,19,20)/t15-,16-/m0/s1. The molecule has 0 radical (unpaired) electrons. The van der Waals surface area contributed by atoms with Gasteiger partial charge in [-0.3, -0.25) is 4.98 Å². The molecule has 108 valence electrons. The van der Waals surface area contributed by atoms with Crippen molar-refractivity contribution >= 4 is 5.82 Å². The first-order chi connectivity index (χ1) is 10.2. The normalized spacial score (nSPS) is 23.9. The predicted molar refractivity (Wildman–Crippen MR) is 81.3 cm³/mol. The zero-order valence-electron chi connectivity index (χ0n) is 12.1. The van der Waals surface area contributed by atoms with Gasteiger partial charge >= 0.3 is 0 Å². The minimum absolute atomic E-state index is 0.0938. The highest BCUT2D eigenvalue weighted by molar-refractivity contribution is 5.47. The zero-order valence-corrected chi connectivity index (χ0v) is 12.1. The summed E-state index contributed by atoms with van der Waals surface area (Å²) < 4.78 is 0. The lowest BCUT2D eigenvalue weighted by atomic mass is 10.1. The van der Waals surface area contributed by atoms with E-state index in [1.807, 2.05) is 25.3 Å². The largest absolute Gasteiger partial charge is 0.390 e. The van der Waals surface area contributed by atoms with E-state index < -0.39 is 6.10 Å². The van der Waals surface area contributed by atoms with Gasteiger partial charge in [-0.25, -0.2) is 4.98 Å². The van der Waals surface area contributed by atoms with Crippen LogP contribution in [0.3, 0.4) is 0 Å². The van der Waals surface area contributed by atoms with Gasteiger partial charge in [-0.05, 0) is 30.9 Å². The topological polar surface area (TPSA) is 58.0 Å². The first-order valence-corrected chi connectivity index (χ1v) is 7.58. The number of nitrogens with one attached hydrogen (secondary N) is 1. The lowest BCUT2D eigenvalue weighted by Crippen LogP contribution is -2.22. The van der Waals surface area contributed by atoms with Crippen LogP contribution in [0, 0.1) is 6.92 Å². The number of nitrogens with zero attached hydrogens (tertiary/aromatic N) is 2. The molecule has 0 aliphatic heterocycles. The molecule has 2 aliphatic rings. The number of aliphatic hydroxyl groups is 1. The molecule has 1 heterocycles. The smallest absolute Gasteiger partial charge is 0.148 e. The Labute approximate surface area is 124 Å². The Morgan fingerprint density at radius 1 is 1.24 bits per heavy atom. The van der Waals surface area contributed by atoms with Gasteiger partial charge in [0.1, 0.15) is 5.82 Å². The van der Waals surface area contributed by atoms with Crippen molar-refractivity contribution < 1.29 is 5.11 Å². The minimum atomic E-state index is -0.409. The summed E-state index contributed by atoms with van der Waals surface area (Å²) in [5.41, 5.74) is 4.34. The summed E-state index contributed by atoms with van der Waals surface area (Å²) in [5, 5.41) is 13.8. The number of aromatic nitrogens is 2. The summed E-state index contributed by atoms with van der Waals surface area (Å²) in [4.78, 5) is 9.18. The Morgan fingerprint density at radius 2 is 2.05 bits per heavy atom. The number of hydrogen-bond acceptors (Lipinski definition) is 4. The molecule has 2 aromatic rings. The summed E-state index contributed by atoms with van der Waals surface area (Å²) in [7, 11) is 0. The molecule has 2 N–H and O–H groups in total. The molecule has 0 saturated heterocycles. The second kappa shape index (κ2) is 4.81. The van der Waals surface area contributed by atoms with Crippen molar-refractivity contribution in [2.75, 3.05) is 5.32 Å². The molecule has 4 heteroatoms. The summed E-state index contributed by atoms with van der Waals surface area (Å²) in [5.74, 6) is 1.39. The highest BCUT2D eigenvalue weighted by Gasteiger charge is 2.32. The highest BCUT2D eigenvalue weighted by Crippen LogP contribution is 2.40. The monoisotopic (exact) mass is 281 g/mol. The zero-order chi connectivity index (χ0) is 14.4. The average Bonchev–Trinajstić information content (AvgIpc) is 3.27. The maximum absolute atomic E-state index is 10.3. The first kappa shape index (κ1) is 12.8. The molecule has 1 fully saturated rings. The molecular formula is C17H19N3O. The molecule has 21 heavy (non-hydrogen) atoms. The Bertz CT molecular complexity index is 681. The van der Waals surface area contributed by atoms with Crippen molar-refractivity contribution in [3.8, 4) is 0 Å². The second-order valence-corrected chi connectivity index (χ2v) is 6.10. The maximum Gasteiger partial charge on any atom is 0.148 e. The van der Waals surface area contributed by atoms with Crippen LogP contribution in [0.4, 0.5) is 5.82 Å². The number of aryl methyl sites for hydroxylation is 1. The van der Waals surface area contributed by atoms with E-state index in [2.05, 4.69) is 22.4 Å². The van der Waals surface area contributed by atoms with Crippen LogP contribution in [-0.4, -0.2) is 21.2 Å². The Hall–Kier alpha value is -1.94. The summed E-state index contributed by atoms with van der Waals surface area (Å²) >= 11 is 0. The predicted octanol–water partition coefficient (Wildman–Crippen LogP) is 2.73. The molecule has 1 aromatic carbocycles. The molecule has 1 aromatic heterocycles. The lowest BCUT2D eigenvalue weighted by Gasteiger charge is -2.20. The summed E-state index contributed by atoms with van der Waals surface area (Å²) in [6, 6.07) is 8.11.